The Morgan fingerprint density at radius 2 is 2.20 bits per heavy atom. The monoisotopic (exact) mass is 274 g/mol. The van der Waals surface area contributed by atoms with Crippen molar-refractivity contribution in [3.63, 3.8) is 0 Å². The van der Waals surface area contributed by atoms with Crippen LogP contribution in [0.5, 0.6) is 0 Å². The summed E-state index contributed by atoms with van der Waals surface area (Å²) in [4.78, 5) is 14.5. The van der Waals surface area contributed by atoms with Crippen molar-refractivity contribution in [3.8, 4) is 0 Å². The summed E-state index contributed by atoms with van der Waals surface area (Å²) in [6, 6.07) is 6.35. The minimum Gasteiger partial charge on any atom is -0.342 e. The second-order valence-electron chi connectivity index (χ2n) is 6.01. The third-order valence-corrected chi connectivity index (χ3v) is 4.21. The molecule has 0 aromatic heterocycles. The molecule has 1 saturated heterocycles. The number of nitrogens with zero attached hydrogens (tertiary/aromatic N) is 1. The molecule has 0 spiro atoms. The molecule has 110 valence electrons. The summed E-state index contributed by atoms with van der Waals surface area (Å²) in [6.45, 7) is 7.00. The highest BCUT2D eigenvalue weighted by atomic mass is 16.2. The van der Waals surface area contributed by atoms with Gasteiger partial charge in [0.2, 0.25) is 5.91 Å². The molecule has 2 rings (SSSR count). The molecule has 1 atom stereocenters. The molecule has 1 unspecified atom stereocenters. The first-order chi connectivity index (χ1) is 9.60. The van der Waals surface area contributed by atoms with E-state index in [-0.39, 0.29) is 5.91 Å². The van der Waals surface area contributed by atoms with E-state index < -0.39 is 0 Å². The second-order valence-corrected chi connectivity index (χ2v) is 6.01. The number of aryl methyl sites for hydroxylation is 2. The zero-order chi connectivity index (χ0) is 14.5. The number of carbonyl (C=O) groups is 1. The van der Waals surface area contributed by atoms with Crippen molar-refractivity contribution in [2.24, 2.45) is 5.92 Å². The molecule has 1 aliphatic rings. The van der Waals surface area contributed by atoms with Gasteiger partial charge in [-0.05, 0) is 57.3 Å². The third kappa shape index (κ3) is 3.83. The fourth-order valence-corrected chi connectivity index (χ4v) is 3.01. The number of rotatable bonds is 4. The number of benzene rings is 1. The summed E-state index contributed by atoms with van der Waals surface area (Å²) >= 11 is 0. The van der Waals surface area contributed by atoms with Crippen LogP contribution < -0.4 is 5.32 Å². The van der Waals surface area contributed by atoms with E-state index >= 15 is 0 Å². The molecule has 3 nitrogen and oxygen atoms in total. The Hall–Kier alpha value is -1.35. The van der Waals surface area contributed by atoms with E-state index in [0.29, 0.717) is 12.3 Å². The van der Waals surface area contributed by atoms with E-state index in [0.717, 1.165) is 26.1 Å². The van der Waals surface area contributed by atoms with Crippen molar-refractivity contribution >= 4 is 5.91 Å². The molecule has 0 saturated carbocycles. The molecule has 1 aromatic rings. The van der Waals surface area contributed by atoms with Crippen molar-refractivity contribution in [2.75, 3.05) is 26.7 Å². The van der Waals surface area contributed by atoms with Crippen LogP contribution in [0.25, 0.3) is 0 Å². The Labute approximate surface area is 122 Å². The molecule has 20 heavy (non-hydrogen) atoms. The smallest absolute Gasteiger partial charge is 0.227 e. The Morgan fingerprint density at radius 1 is 1.40 bits per heavy atom. The second kappa shape index (κ2) is 6.89. The number of hydrogen-bond acceptors (Lipinski definition) is 2. The van der Waals surface area contributed by atoms with Gasteiger partial charge in [-0.2, -0.15) is 0 Å². The predicted molar refractivity (Wildman–Crippen MR) is 82.9 cm³/mol. The van der Waals surface area contributed by atoms with Crippen LogP contribution in [0.2, 0.25) is 0 Å². The van der Waals surface area contributed by atoms with Crippen LogP contribution in [0.4, 0.5) is 0 Å². The van der Waals surface area contributed by atoms with Gasteiger partial charge in [0.1, 0.15) is 0 Å². The van der Waals surface area contributed by atoms with Crippen molar-refractivity contribution in [2.45, 2.75) is 33.1 Å². The van der Waals surface area contributed by atoms with Gasteiger partial charge in [-0.15, -0.1) is 0 Å². The molecule has 1 fully saturated rings. The number of amides is 1. The molecule has 1 heterocycles. The Morgan fingerprint density at radius 3 is 2.95 bits per heavy atom. The topological polar surface area (TPSA) is 32.3 Å². The fraction of sp³-hybridized carbons (Fsp3) is 0.588. The lowest BCUT2D eigenvalue weighted by molar-refractivity contribution is -0.132. The minimum atomic E-state index is 0.277. The summed E-state index contributed by atoms with van der Waals surface area (Å²) in [7, 11) is 1.98. The lowest BCUT2D eigenvalue weighted by Crippen LogP contribution is -2.43. The number of piperidine rings is 1. The molecular formula is C17H26N2O. The standard InChI is InChI=1S/C17H26N2O/c1-13-6-7-14(2)16(9-13)10-17(20)19-8-4-5-15(12-19)11-18-3/h6-7,9,15,18H,4-5,8,10-12H2,1-3H3. The first-order valence-corrected chi connectivity index (χ1v) is 7.58. The molecule has 1 aliphatic heterocycles. The summed E-state index contributed by atoms with van der Waals surface area (Å²) in [5, 5.41) is 3.23. The van der Waals surface area contributed by atoms with Gasteiger partial charge in [-0.25, -0.2) is 0 Å². The molecule has 3 heteroatoms. The maximum Gasteiger partial charge on any atom is 0.227 e. The number of hydrogen-bond donors (Lipinski definition) is 1. The molecule has 0 bridgehead atoms. The van der Waals surface area contributed by atoms with Crippen LogP contribution in [0, 0.1) is 19.8 Å². The average molecular weight is 274 g/mol. The zero-order valence-electron chi connectivity index (χ0n) is 12.9. The van der Waals surface area contributed by atoms with Crippen molar-refractivity contribution in [3.05, 3.63) is 34.9 Å². The first kappa shape index (κ1) is 15.0. The van der Waals surface area contributed by atoms with Crippen LogP contribution in [0.15, 0.2) is 18.2 Å². The lowest BCUT2D eigenvalue weighted by Gasteiger charge is -2.33. The third-order valence-electron chi connectivity index (χ3n) is 4.21. The highest BCUT2D eigenvalue weighted by molar-refractivity contribution is 5.79. The minimum absolute atomic E-state index is 0.277. The molecule has 1 amide bonds. The molecule has 0 radical (unpaired) electrons. The van der Waals surface area contributed by atoms with Gasteiger partial charge in [0.25, 0.3) is 0 Å². The Kier molecular flexibility index (Phi) is 5.18. The van der Waals surface area contributed by atoms with Crippen LogP contribution in [0.3, 0.4) is 0 Å². The van der Waals surface area contributed by atoms with E-state index in [9.17, 15) is 4.79 Å². The Balaban J connectivity index is 1.99. The Bertz CT molecular complexity index is 468. The number of likely N-dealkylation sites (tertiary alicyclic amines) is 1. The van der Waals surface area contributed by atoms with Gasteiger partial charge < -0.3 is 10.2 Å². The van der Waals surface area contributed by atoms with Crippen LogP contribution in [-0.4, -0.2) is 37.5 Å². The zero-order valence-corrected chi connectivity index (χ0v) is 12.9. The highest BCUT2D eigenvalue weighted by Gasteiger charge is 2.23. The van der Waals surface area contributed by atoms with E-state index in [4.69, 9.17) is 0 Å². The SMILES string of the molecule is CNCC1CCCN(C(=O)Cc2cc(C)ccc2C)C1. The van der Waals surface area contributed by atoms with Gasteiger partial charge in [-0.3, -0.25) is 4.79 Å². The molecule has 1 N–H and O–H groups in total. The normalized spacial score (nSPS) is 19.1. The van der Waals surface area contributed by atoms with Gasteiger partial charge in [0, 0.05) is 13.1 Å². The van der Waals surface area contributed by atoms with E-state index in [1.54, 1.807) is 0 Å². The summed E-state index contributed by atoms with van der Waals surface area (Å²) in [5.41, 5.74) is 3.61. The summed E-state index contributed by atoms with van der Waals surface area (Å²) in [6.07, 6.45) is 2.90. The average Bonchev–Trinajstić information content (AvgIpc) is 2.43. The molecule has 1 aromatic carbocycles. The van der Waals surface area contributed by atoms with E-state index in [1.807, 2.05) is 11.9 Å². The largest absolute Gasteiger partial charge is 0.342 e. The van der Waals surface area contributed by atoms with Gasteiger partial charge in [0.15, 0.2) is 0 Å². The predicted octanol–water partition coefficient (Wildman–Crippen LogP) is 2.30. The van der Waals surface area contributed by atoms with Crippen LogP contribution in [0.1, 0.15) is 29.5 Å². The first-order valence-electron chi connectivity index (χ1n) is 7.58. The van der Waals surface area contributed by atoms with E-state index in [1.165, 1.54) is 23.1 Å². The molecular weight excluding hydrogens is 248 g/mol. The molecule has 0 aliphatic carbocycles. The van der Waals surface area contributed by atoms with Crippen LogP contribution in [-0.2, 0) is 11.2 Å². The lowest BCUT2D eigenvalue weighted by atomic mass is 9.96. The number of nitrogens with one attached hydrogen (secondary N) is 1. The van der Waals surface area contributed by atoms with Crippen molar-refractivity contribution < 1.29 is 4.79 Å². The van der Waals surface area contributed by atoms with Gasteiger partial charge >= 0.3 is 0 Å². The maximum absolute atomic E-state index is 12.5. The quantitative estimate of drug-likeness (QED) is 0.914. The summed E-state index contributed by atoms with van der Waals surface area (Å²) in [5.74, 6) is 0.885. The summed E-state index contributed by atoms with van der Waals surface area (Å²) < 4.78 is 0. The van der Waals surface area contributed by atoms with Gasteiger partial charge in [0.05, 0.1) is 6.42 Å². The van der Waals surface area contributed by atoms with Crippen LogP contribution >= 0.6 is 0 Å². The van der Waals surface area contributed by atoms with E-state index in [2.05, 4.69) is 37.4 Å². The maximum atomic E-state index is 12.5. The van der Waals surface area contributed by atoms with Crippen molar-refractivity contribution in [1.82, 2.24) is 10.2 Å². The van der Waals surface area contributed by atoms with Gasteiger partial charge in [-0.1, -0.05) is 23.8 Å². The highest BCUT2D eigenvalue weighted by Crippen LogP contribution is 2.18. The van der Waals surface area contributed by atoms with Crippen molar-refractivity contribution in [1.29, 1.82) is 0 Å². The fourth-order valence-electron chi connectivity index (χ4n) is 3.01. The number of carbonyl (C=O) groups excluding carboxylic acids is 1.